The van der Waals surface area contributed by atoms with E-state index in [2.05, 4.69) is 51.0 Å². The fraction of sp³-hybridized carbons (Fsp3) is 0.316. The fourth-order valence-corrected chi connectivity index (χ4v) is 5.67. The van der Waals surface area contributed by atoms with Crippen molar-refractivity contribution in [3.63, 3.8) is 0 Å². The van der Waals surface area contributed by atoms with Crippen LogP contribution in [0, 0.1) is 0 Å². The highest BCUT2D eigenvalue weighted by Gasteiger charge is 2.53. The van der Waals surface area contributed by atoms with Crippen molar-refractivity contribution in [2.45, 2.75) is 50.9 Å². The smallest absolute Gasteiger partial charge is 0.266 e. The Kier molecular flexibility index (Phi) is 12.2. The Morgan fingerprint density at radius 1 is 0.894 bits per heavy atom. The van der Waals surface area contributed by atoms with E-state index in [4.69, 9.17) is 24.3 Å². The lowest BCUT2D eigenvalue weighted by atomic mass is 9.82. The summed E-state index contributed by atoms with van der Waals surface area (Å²) < 4.78 is 19.0. The van der Waals surface area contributed by atoms with E-state index in [-0.39, 0.29) is 18.6 Å². The second kappa shape index (κ2) is 16.7. The first-order valence-electron chi connectivity index (χ1n) is 16.0. The number of rotatable bonds is 16. The van der Waals surface area contributed by atoms with Gasteiger partial charge in [-0.3, -0.25) is 10.2 Å². The molecule has 1 amide bonds. The van der Waals surface area contributed by atoms with Gasteiger partial charge in [0.2, 0.25) is 5.90 Å². The Morgan fingerprint density at radius 3 is 2.26 bits per heavy atom. The fourth-order valence-electron chi connectivity index (χ4n) is 5.41. The molecular weight excluding hydrogens is 658 g/mol. The maximum Gasteiger partial charge on any atom is 0.266 e. The van der Waals surface area contributed by atoms with Gasteiger partial charge in [-0.05, 0) is 78.9 Å². The first-order valence-corrected chi connectivity index (χ1v) is 16.8. The predicted molar refractivity (Wildman–Crippen MR) is 188 cm³/mol. The number of hydrogen-bond acceptors (Lipinski definition) is 7. The van der Waals surface area contributed by atoms with Gasteiger partial charge in [0.25, 0.3) is 5.91 Å². The normalized spacial score (nSPS) is 17.3. The molecule has 0 aliphatic carbocycles. The Hall–Kier alpha value is -4.02. The summed E-state index contributed by atoms with van der Waals surface area (Å²) in [6, 6.07) is 33.7. The third kappa shape index (κ3) is 9.08. The summed E-state index contributed by atoms with van der Waals surface area (Å²) in [6.45, 7) is 5.62. The molecule has 9 heteroatoms. The van der Waals surface area contributed by atoms with Crippen molar-refractivity contribution in [1.82, 2.24) is 10.9 Å². The van der Waals surface area contributed by atoms with Gasteiger partial charge in [0, 0.05) is 42.6 Å². The number of aliphatic imine (C=N–C) groups is 1. The van der Waals surface area contributed by atoms with Crippen LogP contribution in [0.4, 0.5) is 0 Å². The van der Waals surface area contributed by atoms with Gasteiger partial charge in [-0.1, -0.05) is 82.7 Å². The Labute approximate surface area is 285 Å². The van der Waals surface area contributed by atoms with E-state index in [1.807, 2.05) is 92.7 Å². The highest BCUT2D eigenvalue weighted by molar-refractivity contribution is 9.10. The number of nitrogens with one attached hydrogen (secondary N) is 2. The molecule has 8 nitrogen and oxygen atoms in total. The lowest BCUT2D eigenvalue weighted by Crippen LogP contribution is -2.54. The summed E-state index contributed by atoms with van der Waals surface area (Å²) in [5, 5.41) is 9.09. The molecule has 0 saturated heterocycles. The number of amides is 1. The van der Waals surface area contributed by atoms with Crippen LogP contribution in [0.1, 0.15) is 49.5 Å². The van der Waals surface area contributed by atoms with Crippen LogP contribution in [0.5, 0.6) is 5.75 Å². The molecule has 4 aromatic carbocycles. The van der Waals surface area contributed by atoms with E-state index >= 15 is 0 Å². The number of aliphatic hydroxyl groups excluding tert-OH is 1. The number of hydrogen-bond donors (Lipinski definition) is 3. The molecule has 5 rings (SSSR count). The van der Waals surface area contributed by atoms with Crippen LogP contribution in [0.2, 0.25) is 0 Å². The van der Waals surface area contributed by atoms with Gasteiger partial charge in [-0.15, -0.1) is 0 Å². The van der Waals surface area contributed by atoms with E-state index in [9.17, 15) is 4.79 Å². The Bertz CT molecular complexity index is 1600. The maximum atomic E-state index is 14.4. The molecule has 0 unspecified atom stereocenters. The Balaban J connectivity index is 1.49. The van der Waals surface area contributed by atoms with Crippen molar-refractivity contribution < 1.29 is 24.1 Å². The molecule has 0 spiro atoms. The molecule has 3 N–H and O–H groups in total. The van der Waals surface area contributed by atoms with Crippen molar-refractivity contribution in [2.75, 3.05) is 26.4 Å². The van der Waals surface area contributed by atoms with E-state index in [1.165, 1.54) is 0 Å². The molecule has 0 aromatic heterocycles. The first kappa shape index (κ1) is 34.3. The minimum Gasteiger partial charge on any atom is -0.494 e. The van der Waals surface area contributed by atoms with Gasteiger partial charge in [0.05, 0.1) is 12.7 Å². The van der Waals surface area contributed by atoms with Crippen LogP contribution >= 0.6 is 15.9 Å². The average molecular weight is 701 g/mol. The molecule has 1 heterocycles. The van der Waals surface area contributed by atoms with Crippen molar-refractivity contribution in [2.24, 2.45) is 4.99 Å². The average Bonchev–Trinajstić information content (AvgIpc) is 3.48. The van der Waals surface area contributed by atoms with Crippen molar-refractivity contribution in [3.8, 4) is 16.9 Å². The molecule has 2 atom stereocenters. The van der Waals surface area contributed by atoms with Crippen molar-refractivity contribution >= 4 is 27.7 Å². The summed E-state index contributed by atoms with van der Waals surface area (Å²) >= 11 is 3.53. The van der Waals surface area contributed by atoms with E-state index < -0.39 is 11.6 Å². The number of carbonyl (C=O) groups excluding carboxylic acids is 1. The number of aliphatic hydroxyl groups is 1. The zero-order valence-corrected chi connectivity index (χ0v) is 28.4. The SMILES string of the molecule is CC(C)OCCCNNC(=O)[C@@]1(Cc2ccc(Br)cc2)N=C(c2ccc(OCCCO)cc2)O[C@H]1c1ccc(-c2ccccc2)cc1. The molecule has 0 saturated carbocycles. The molecule has 0 bridgehead atoms. The molecule has 0 radical (unpaired) electrons. The highest BCUT2D eigenvalue weighted by Crippen LogP contribution is 2.43. The van der Waals surface area contributed by atoms with Crippen molar-refractivity contribution in [1.29, 1.82) is 0 Å². The quantitative estimate of drug-likeness (QED) is 0.0878. The molecule has 0 fully saturated rings. The summed E-state index contributed by atoms with van der Waals surface area (Å²) in [5.74, 6) is 0.765. The molecule has 47 heavy (non-hydrogen) atoms. The summed E-state index contributed by atoms with van der Waals surface area (Å²) in [5.41, 5.74) is 9.41. The van der Waals surface area contributed by atoms with Gasteiger partial charge >= 0.3 is 0 Å². The number of nitrogens with zero attached hydrogens (tertiary/aromatic N) is 1. The largest absolute Gasteiger partial charge is 0.494 e. The topological polar surface area (TPSA) is 101 Å². The number of benzene rings is 4. The number of halogens is 1. The van der Waals surface area contributed by atoms with Crippen molar-refractivity contribution in [3.05, 3.63) is 124 Å². The minimum absolute atomic E-state index is 0.0690. The monoisotopic (exact) mass is 699 g/mol. The summed E-state index contributed by atoms with van der Waals surface area (Å²) in [7, 11) is 0. The molecule has 1 aliphatic rings. The maximum absolute atomic E-state index is 14.4. The number of hydrazine groups is 1. The summed E-state index contributed by atoms with van der Waals surface area (Å²) in [6.07, 6.45) is 1.03. The molecule has 4 aromatic rings. The zero-order chi connectivity index (χ0) is 33.1. The lowest BCUT2D eigenvalue weighted by molar-refractivity contribution is -0.130. The lowest BCUT2D eigenvalue weighted by Gasteiger charge is -2.31. The third-order valence-corrected chi connectivity index (χ3v) is 8.37. The van der Waals surface area contributed by atoms with Crippen LogP contribution in [-0.4, -0.2) is 54.9 Å². The van der Waals surface area contributed by atoms with E-state index in [0.717, 1.165) is 38.7 Å². The van der Waals surface area contributed by atoms with Crippen LogP contribution in [-0.2, 0) is 20.7 Å². The second-order valence-corrected chi connectivity index (χ2v) is 12.7. The van der Waals surface area contributed by atoms with Crippen LogP contribution in [0.15, 0.2) is 113 Å². The highest BCUT2D eigenvalue weighted by atomic mass is 79.9. The molecule has 246 valence electrons. The van der Waals surface area contributed by atoms with Gasteiger partial charge in [0.15, 0.2) is 11.6 Å². The van der Waals surface area contributed by atoms with Gasteiger partial charge in [0.1, 0.15) is 5.75 Å². The molecule has 1 aliphatic heterocycles. The van der Waals surface area contributed by atoms with E-state index in [1.54, 1.807) is 0 Å². The van der Waals surface area contributed by atoms with Crippen LogP contribution < -0.4 is 15.6 Å². The summed E-state index contributed by atoms with van der Waals surface area (Å²) in [4.78, 5) is 19.5. The number of carbonyl (C=O) groups is 1. The molecular formula is C38H42BrN3O5. The third-order valence-electron chi connectivity index (χ3n) is 7.84. The van der Waals surface area contributed by atoms with Crippen LogP contribution in [0.3, 0.4) is 0 Å². The standard InChI is InChI=1S/C38H42BrN3O5/c1-27(2)45-24-6-22-40-42-37(44)38(26-28-10-18-33(39)19-11-28)35(31-14-12-30(13-15-31)29-8-4-3-5-9-29)47-36(41-38)32-16-20-34(21-17-32)46-25-7-23-43/h3-5,8-21,27,35,40,43H,6-7,22-26H2,1-2H3,(H,42,44)/t35-,38-/m0/s1. The Morgan fingerprint density at radius 2 is 1.57 bits per heavy atom. The second-order valence-electron chi connectivity index (χ2n) is 11.7. The first-order chi connectivity index (χ1) is 22.9. The van der Waals surface area contributed by atoms with Gasteiger partial charge in [-0.25, -0.2) is 10.4 Å². The zero-order valence-electron chi connectivity index (χ0n) is 26.8. The van der Waals surface area contributed by atoms with E-state index in [0.29, 0.717) is 44.2 Å². The predicted octanol–water partition coefficient (Wildman–Crippen LogP) is 6.81. The minimum atomic E-state index is -1.32. The van der Waals surface area contributed by atoms with Crippen LogP contribution in [0.25, 0.3) is 11.1 Å². The van der Waals surface area contributed by atoms with Gasteiger partial charge in [-0.2, -0.15) is 0 Å². The van der Waals surface area contributed by atoms with Gasteiger partial charge < -0.3 is 19.3 Å². The number of ether oxygens (including phenoxy) is 3.